The number of aliphatic hydroxyl groups excluding tert-OH is 1. The van der Waals surface area contributed by atoms with Crippen molar-refractivity contribution in [3.8, 4) is 0 Å². The molecule has 60 valence electrons. The molecule has 0 aromatic carbocycles. The minimum atomic E-state index is -0.381. The molecule has 0 bridgehead atoms. The standard InChI is InChI=1S/C9H12O2/c10-8-5-9(11)7-4-2-1-3-6(7)8/h3,7,9,11H,1-2,4-5H2. The van der Waals surface area contributed by atoms with E-state index in [0.717, 1.165) is 24.8 Å². The van der Waals surface area contributed by atoms with Crippen LogP contribution in [0.25, 0.3) is 0 Å². The second-order valence-electron chi connectivity index (χ2n) is 3.39. The van der Waals surface area contributed by atoms with Gasteiger partial charge < -0.3 is 5.11 Å². The first-order chi connectivity index (χ1) is 5.29. The van der Waals surface area contributed by atoms with Gasteiger partial charge in [-0.1, -0.05) is 6.08 Å². The zero-order valence-corrected chi connectivity index (χ0v) is 6.42. The largest absolute Gasteiger partial charge is 0.392 e. The van der Waals surface area contributed by atoms with E-state index in [-0.39, 0.29) is 17.8 Å². The Morgan fingerprint density at radius 1 is 1.55 bits per heavy atom. The Balaban J connectivity index is 2.29. The average Bonchev–Trinajstić information content (AvgIpc) is 2.30. The fourth-order valence-electron chi connectivity index (χ4n) is 2.07. The molecule has 1 fully saturated rings. The topological polar surface area (TPSA) is 37.3 Å². The Morgan fingerprint density at radius 3 is 3.09 bits per heavy atom. The number of Topliss-reactive ketones (excluding diaryl/α,β-unsaturated/α-hetero) is 1. The summed E-state index contributed by atoms with van der Waals surface area (Å²) in [5.74, 6) is 0.346. The van der Waals surface area contributed by atoms with E-state index in [4.69, 9.17) is 0 Å². The maximum absolute atomic E-state index is 11.2. The molecule has 1 N–H and O–H groups in total. The number of hydrogen-bond donors (Lipinski definition) is 1. The number of aliphatic hydroxyl groups is 1. The lowest BCUT2D eigenvalue weighted by molar-refractivity contribution is -0.115. The third-order valence-corrected chi connectivity index (χ3v) is 2.66. The van der Waals surface area contributed by atoms with Crippen LogP contribution in [0.3, 0.4) is 0 Å². The van der Waals surface area contributed by atoms with Crippen molar-refractivity contribution >= 4 is 5.78 Å². The van der Waals surface area contributed by atoms with Gasteiger partial charge in [0.2, 0.25) is 0 Å². The van der Waals surface area contributed by atoms with Crippen molar-refractivity contribution < 1.29 is 9.90 Å². The normalized spacial score (nSPS) is 36.8. The number of rotatable bonds is 0. The molecule has 2 heteroatoms. The van der Waals surface area contributed by atoms with Crippen molar-refractivity contribution in [1.29, 1.82) is 0 Å². The number of allylic oxidation sites excluding steroid dienone is 1. The molecule has 2 unspecified atom stereocenters. The highest BCUT2D eigenvalue weighted by atomic mass is 16.3. The summed E-state index contributed by atoms with van der Waals surface area (Å²) in [7, 11) is 0. The van der Waals surface area contributed by atoms with E-state index in [1.54, 1.807) is 0 Å². The van der Waals surface area contributed by atoms with Crippen LogP contribution in [-0.2, 0) is 4.79 Å². The number of hydrogen-bond acceptors (Lipinski definition) is 2. The summed E-state index contributed by atoms with van der Waals surface area (Å²) in [4.78, 5) is 11.2. The van der Waals surface area contributed by atoms with Crippen molar-refractivity contribution in [2.45, 2.75) is 31.8 Å². The van der Waals surface area contributed by atoms with Gasteiger partial charge in [-0.25, -0.2) is 0 Å². The molecule has 0 heterocycles. The number of fused-ring (bicyclic) bond motifs is 1. The van der Waals surface area contributed by atoms with Crippen LogP contribution in [0.1, 0.15) is 25.7 Å². The van der Waals surface area contributed by atoms with E-state index in [2.05, 4.69) is 0 Å². The van der Waals surface area contributed by atoms with E-state index < -0.39 is 0 Å². The summed E-state index contributed by atoms with van der Waals surface area (Å²) >= 11 is 0. The Bertz CT molecular complexity index is 218. The minimum absolute atomic E-state index is 0.169. The molecule has 0 aliphatic heterocycles. The number of ketones is 1. The molecule has 0 radical (unpaired) electrons. The van der Waals surface area contributed by atoms with Gasteiger partial charge in [-0.2, -0.15) is 0 Å². The quantitative estimate of drug-likeness (QED) is 0.563. The van der Waals surface area contributed by atoms with Crippen molar-refractivity contribution in [3.63, 3.8) is 0 Å². The van der Waals surface area contributed by atoms with Gasteiger partial charge in [-0.05, 0) is 24.8 Å². The molecule has 2 atom stereocenters. The Hall–Kier alpha value is -0.630. The van der Waals surface area contributed by atoms with E-state index in [0.29, 0.717) is 6.42 Å². The molecule has 0 saturated heterocycles. The monoisotopic (exact) mass is 152 g/mol. The summed E-state index contributed by atoms with van der Waals surface area (Å²) in [6, 6.07) is 0. The van der Waals surface area contributed by atoms with Crippen molar-refractivity contribution in [2.24, 2.45) is 5.92 Å². The highest BCUT2D eigenvalue weighted by Crippen LogP contribution is 2.35. The first-order valence-corrected chi connectivity index (χ1v) is 4.20. The van der Waals surface area contributed by atoms with Gasteiger partial charge >= 0.3 is 0 Å². The Labute approximate surface area is 65.9 Å². The molecular formula is C9H12O2. The second kappa shape index (κ2) is 2.45. The zero-order valence-electron chi connectivity index (χ0n) is 6.42. The summed E-state index contributed by atoms with van der Waals surface area (Å²) in [5.41, 5.74) is 0.906. The molecule has 2 aliphatic rings. The highest BCUT2D eigenvalue weighted by Gasteiger charge is 2.36. The van der Waals surface area contributed by atoms with E-state index in [9.17, 15) is 9.90 Å². The van der Waals surface area contributed by atoms with E-state index in [1.165, 1.54) is 0 Å². The smallest absolute Gasteiger partial charge is 0.161 e. The SMILES string of the molecule is O=C1CC(O)C2CCCC=C12. The molecule has 0 spiro atoms. The molecule has 0 aromatic heterocycles. The van der Waals surface area contributed by atoms with Gasteiger partial charge in [0.1, 0.15) is 0 Å². The molecular weight excluding hydrogens is 140 g/mol. The van der Waals surface area contributed by atoms with Crippen LogP contribution in [0.4, 0.5) is 0 Å². The highest BCUT2D eigenvalue weighted by molar-refractivity contribution is 5.98. The number of carbonyl (C=O) groups excluding carboxylic acids is 1. The van der Waals surface area contributed by atoms with Crippen molar-refractivity contribution in [1.82, 2.24) is 0 Å². The fourth-order valence-corrected chi connectivity index (χ4v) is 2.07. The van der Waals surface area contributed by atoms with Crippen LogP contribution >= 0.6 is 0 Å². The Morgan fingerprint density at radius 2 is 2.36 bits per heavy atom. The summed E-state index contributed by atoms with van der Waals surface area (Å²) in [6.45, 7) is 0. The average molecular weight is 152 g/mol. The van der Waals surface area contributed by atoms with Gasteiger partial charge in [0.05, 0.1) is 6.10 Å². The summed E-state index contributed by atoms with van der Waals surface area (Å²) in [5, 5.41) is 9.43. The molecule has 11 heavy (non-hydrogen) atoms. The van der Waals surface area contributed by atoms with Gasteiger partial charge in [0.25, 0.3) is 0 Å². The lowest BCUT2D eigenvalue weighted by Gasteiger charge is -2.18. The van der Waals surface area contributed by atoms with Crippen LogP contribution in [0.2, 0.25) is 0 Å². The van der Waals surface area contributed by atoms with Gasteiger partial charge in [-0.15, -0.1) is 0 Å². The van der Waals surface area contributed by atoms with Crippen LogP contribution in [0.15, 0.2) is 11.6 Å². The van der Waals surface area contributed by atoms with Crippen LogP contribution in [0.5, 0.6) is 0 Å². The molecule has 0 aromatic rings. The minimum Gasteiger partial charge on any atom is -0.392 e. The first kappa shape index (κ1) is 7.04. The van der Waals surface area contributed by atoms with Gasteiger partial charge in [-0.3, -0.25) is 4.79 Å². The molecule has 1 saturated carbocycles. The molecule has 2 nitrogen and oxygen atoms in total. The third-order valence-electron chi connectivity index (χ3n) is 2.66. The predicted molar refractivity (Wildman–Crippen MR) is 41.1 cm³/mol. The fraction of sp³-hybridized carbons (Fsp3) is 0.667. The molecule has 2 aliphatic carbocycles. The number of carbonyl (C=O) groups is 1. The van der Waals surface area contributed by atoms with Crippen LogP contribution in [-0.4, -0.2) is 17.0 Å². The van der Waals surface area contributed by atoms with E-state index in [1.807, 2.05) is 6.08 Å². The summed E-state index contributed by atoms with van der Waals surface area (Å²) < 4.78 is 0. The van der Waals surface area contributed by atoms with Crippen LogP contribution < -0.4 is 0 Å². The van der Waals surface area contributed by atoms with Gasteiger partial charge in [0, 0.05) is 12.3 Å². The third kappa shape index (κ3) is 1.02. The lowest BCUT2D eigenvalue weighted by Crippen LogP contribution is -2.16. The lowest BCUT2D eigenvalue weighted by atomic mass is 9.89. The first-order valence-electron chi connectivity index (χ1n) is 4.20. The maximum atomic E-state index is 11.2. The molecule has 0 amide bonds. The predicted octanol–water partition coefficient (Wildman–Crippen LogP) is 1.05. The van der Waals surface area contributed by atoms with Crippen molar-refractivity contribution in [2.75, 3.05) is 0 Å². The Kier molecular flexibility index (Phi) is 1.57. The second-order valence-corrected chi connectivity index (χ2v) is 3.39. The van der Waals surface area contributed by atoms with Crippen molar-refractivity contribution in [3.05, 3.63) is 11.6 Å². The molecule has 2 rings (SSSR count). The zero-order chi connectivity index (χ0) is 7.84. The maximum Gasteiger partial charge on any atom is 0.161 e. The van der Waals surface area contributed by atoms with E-state index >= 15 is 0 Å². The van der Waals surface area contributed by atoms with Crippen LogP contribution in [0, 0.1) is 5.92 Å². The summed E-state index contributed by atoms with van der Waals surface area (Å²) in [6.07, 6.45) is 5.12. The van der Waals surface area contributed by atoms with Gasteiger partial charge in [0.15, 0.2) is 5.78 Å².